The molecule has 0 saturated heterocycles. The van der Waals surface area contributed by atoms with Gasteiger partial charge in [0, 0.05) is 6.21 Å². The van der Waals surface area contributed by atoms with E-state index in [2.05, 4.69) is 47.2 Å². The van der Waals surface area contributed by atoms with Crippen LogP contribution in [0.2, 0.25) is 0 Å². The molecule has 2 aromatic carbocycles. The van der Waals surface area contributed by atoms with Crippen LogP contribution in [0.1, 0.15) is 11.1 Å². The van der Waals surface area contributed by atoms with Gasteiger partial charge in [0.2, 0.25) is 5.13 Å². The molecule has 3 rings (SSSR count). The van der Waals surface area contributed by atoms with Crippen LogP contribution in [-0.4, -0.2) is 11.2 Å². The molecule has 88 valence electrons. The van der Waals surface area contributed by atoms with E-state index in [9.17, 15) is 0 Å². The van der Waals surface area contributed by atoms with Gasteiger partial charge in [-0.3, -0.25) is 0 Å². The van der Waals surface area contributed by atoms with E-state index in [-0.39, 0.29) is 0 Å². The maximum atomic E-state index is 4.47. The largest absolute Gasteiger partial charge is 0.227 e. The summed E-state index contributed by atoms with van der Waals surface area (Å²) in [5.41, 5.74) is 3.37. The Balaban J connectivity index is 1.89. The number of hydrogen-bond acceptors (Lipinski definition) is 3. The van der Waals surface area contributed by atoms with Crippen LogP contribution in [-0.2, 0) is 0 Å². The van der Waals surface area contributed by atoms with Gasteiger partial charge in [-0.05, 0) is 24.6 Å². The number of fused-ring (bicyclic) bond motifs is 1. The van der Waals surface area contributed by atoms with E-state index in [1.54, 1.807) is 11.3 Å². The van der Waals surface area contributed by atoms with Gasteiger partial charge in [0.1, 0.15) is 0 Å². The summed E-state index contributed by atoms with van der Waals surface area (Å²) in [5.74, 6) is 0. The lowest BCUT2D eigenvalue weighted by Crippen LogP contribution is -1.79. The first-order chi connectivity index (χ1) is 8.81. The molecule has 3 heteroatoms. The molecule has 0 saturated carbocycles. The van der Waals surface area contributed by atoms with Crippen molar-refractivity contribution in [1.29, 1.82) is 0 Å². The molecule has 3 aromatic rings. The number of rotatable bonds is 2. The van der Waals surface area contributed by atoms with Crippen LogP contribution >= 0.6 is 11.3 Å². The molecule has 0 amide bonds. The van der Waals surface area contributed by atoms with Crippen LogP contribution in [0.3, 0.4) is 0 Å². The third-order valence-electron chi connectivity index (χ3n) is 2.68. The predicted octanol–water partition coefficient (Wildman–Crippen LogP) is 4.36. The van der Waals surface area contributed by atoms with Gasteiger partial charge >= 0.3 is 0 Å². The Hall–Kier alpha value is -2.00. The molecule has 1 heterocycles. The number of benzene rings is 2. The lowest BCUT2D eigenvalue weighted by Gasteiger charge is -1.92. The molecular formula is C15H12N2S. The van der Waals surface area contributed by atoms with Crippen LogP contribution in [0.25, 0.3) is 10.2 Å². The number of aliphatic imine (C=N–C) groups is 1. The van der Waals surface area contributed by atoms with Crippen molar-refractivity contribution >= 4 is 32.9 Å². The topological polar surface area (TPSA) is 25.2 Å². The molecule has 0 aliphatic carbocycles. The zero-order chi connectivity index (χ0) is 12.4. The average Bonchev–Trinajstić information content (AvgIpc) is 2.81. The van der Waals surface area contributed by atoms with Gasteiger partial charge in [0.15, 0.2) is 0 Å². The Labute approximate surface area is 110 Å². The summed E-state index contributed by atoms with van der Waals surface area (Å²) >= 11 is 1.61. The van der Waals surface area contributed by atoms with Crippen molar-refractivity contribution < 1.29 is 0 Å². The fourth-order valence-electron chi connectivity index (χ4n) is 1.70. The molecule has 0 fully saturated rings. The van der Waals surface area contributed by atoms with Gasteiger partial charge in [-0.15, -0.1) is 0 Å². The van der Waals surface area contributed by atoms with E-state index >= 15 is 0 Å². The minimum Gasteiger partial charge on any atom is -0.227 e. The summed E-state index contributed by atoms with van der Waals surface area (Å²) in [5, 5.41) is 0.803. The third-order valence-corrected chi connectivity index (χ3v) is 3.63. The Kier molecular flexibility index (Phi) is 2.90. The van der Waals surface area contributed by atoms with Gasteiger partial charge in [-0.1, -0.05) is 53.3 Å². The van der Waals surface area contributed by atoms with Crippen molar-refractivity contribution in [2.24, 2.45) is 4.99 Å². The molecule has 0 unspecified atom stereocenters. The summed E-state index contributed by atoms with van der Waals surface area (Å²) in [6, 6.07) is 16.4. The van der Waals surface area contributed by atoms with Crippen molar-refractivity contribution in [3.05, 3.63) is 59.7 Å². The molecule has 1 aromatic heterocycles. The molecule has 0 aliphatic rings. The summed E-state index contributed by atoms with van der Waals surface area (Å²) < 4.78 is 1.17. The molecule has 0 bridgehead atoms. The van der Waals surface area contributed by atoms with Crippen LogP contribution in [0.5, 0.6) is 0 Å². The van der Waals surface area contributed by atoms with Gasteiger partial charge in [-0.2, -0.15) is 0 Å². The maximum Gasteiger partial charge on any atom is 0.210 e. The first-order valence-electron chi connectivity index (χ1n) is 5.77. The van der Waals surface area contributed by atoms with Crippen molar-refractivity contribution in [2.75, 3.05) is 0 Å². The second-order valence-corrected chi connectivity index (χ2v) is 5.14. The Morgan fingerprint density at radius 1 is 1.06 bits per heavy atom. The highest BCUT2D eigenvalue weighted by atomic mass is 32.1. The first-order valence-corrected chi connectivity index (χ1v) is 6.59. The molecule has 0 atom stereocenters. The monoisotopic (exact) mass is 252 g/mol. The fourth-order valence-corrected chi connectivity index (χ4v) is 2.51. The zero-order valence-corrected chi connectivity index (χ0v) is 10.8. The number of nitrogens with zero attached hydrogens (tertiary/aromatic N) is 2. The molecule has 0 aliphatic heterocycles. The molecule has 0 N–H and O–H groups in total. The van der Waals surface area contributed by atoms with E-state index in [0.29, 0.717) is 0 Å². The molecule has 0 radical (unpaired) electrons. The number of thiazole rings is 1. The second kappa shape index (κ2) is 4.70. The maximum absolute atomic E-state index is 4.47. The van der Waals surface area contributed by atoms with Crippen molar-refractivity contribution in [2.45, 2.75) is 6.92 Å². The van der Waals surface area contributed by atoms with Crippen LogP contribution in [0.4, 0.5) is 5.13 Å². The quantitative estimate of drug-likeness (QED) is 0.622. The number of para-hydroxylation sites is 1. The highest BCUT2D eigenvalue weighted by Gasteiger charge is 2.00. The third kappa shape index (κ3) is 2.31. The van der Waals surface area contributed by atoms with Gasteiger partial charge < -0.3 is 0 Å². The van der Waals surface area contributed by atoms with Crippen LogP contribution in [0, 0.1) is 6.92 Å². The number of hydrogen-bond donors (Lipinski definition) is 0. The average molecular weight is 252 g/mol. The van der Waals surface area contributed by atoms with E-state index in [1.807, 2.05) is 24.4 Å². The highest BCUT2D eigenvalue weighted by molar-refractivity contribution is 7.22. The van der Waals surface area contributed by atoms with E-state index in [0.717, 1.165) is 16.2 Å². The Morgan fingerprint density at radius 3 is 2.61 bits per heavy atom. The van der Waals surface area contributed by atoms with Gasteiger partial charge in [-0.25, -0.2) is 9.98 Å². The highest BCUT2D eigenvalue weighted by Crippen LogP contribution is 2.27. The van der Waals surface area contributed by atoms with Crippen molar-refractivity contribution in [3.8, 4) is 0 Å². The Bertz CT molecular complexity index is 663. The van der Waals surface area contributed by atoms with Crippen LogP contribution < -0.4 is 0 Å². The standard InChI is InChI=1S/C15H12N2S/c1-11-6-8-12(9-7-11)10-16-15-17-13-4-2-3-5-14(13)18-15/h2-10H,1H3/b16-10+. The zero-order valence-electron chi connectivity index (χ0n) is 10.00. The smallest absolute Gasteiger partial charge is 0.210 e. The summed E-state index contributed by atoms with van der Waals surface area (Å²) in [4.78, 5) is 8.89. The number of aromatic nitrogens is 1. The lowest BCUT2D eigenvalue weighted by molar-refractivity contribution is 1.41. The van der Waals surface area contributed by atoms with E-state index in [4.69, 9.17) is 0 Å². The van der Waals surface area contributed by atoms with E-state index < -0.39 is 0 Å². The van der Waals surface area contributed by atoms with Crippen LogP contribution in [0.15, 0.2) is 53.5 Å². The molecule has 18 heavy (non-hydrogen) atoms. The summed E-state index contributed by atoms with van der Waals surface area (Å²) in [6.45, 7) is 2.08. The molecule has 0 spiro atoms. The van der Waals surface area contributed by atoms with Gasteiger partial charge in [0.05, 0.1) is 10.2 Å². The summed E-state index contributed by atoms with van der Waals surface area (Å²) in [7, 11) is 0. The van der Waals surface area contributed by atoms with E-state index in [1.165, 1.54) is 10.3 Å². The van der Waals surface area contributed by atoms with Crippen molar-refractivity contribution in [1.82, 2.24) is 4.98 Å². The molecular weight excluding hydrogens is 240 g/mol. The molecule has 2 nitrogen and oxygen atoms in total. The van der Waals surface area contributed by atoms with Gasteiger partial charge in [0.25, 0.3) is 0 Å². The Morgan fingerprint density at radius 2 is 1.83 bits per heavy atom. The SMILES string of the molecule is Cc1ccc(/C=N/c2nc3ccccc3s2)cc1. The first kappa shape index (κ1) is 11.1. The fraction of sp³-hybridized carbons (Fsp3) is 0.0667. The second-order valence-electron chi connectivity index (χ2n) is 4.13. The normalized spacial score (nSPS) is 11.4. The predicted molar refractivity (Wildman–Crippen MR) is 78.1 cm³/mol. The minimum absolute atomic E-state index is 0.803. The summed E-state index contributed by atoms with van der Waals surface area (Å²) in [6.07, 6.45) is 1.86. The number of aryl methyl sites for hydroxylation is 1. The van der Waals surface area contributed by atoms with Crippen molar-refractivity contribution in [3.63, 3.8) is 0 Å². The minimum atomic E-state index is 0.803. The lowest BCUT2D eigenvalue weighted by atomic mass is 10.2.